The van der Waals surface area contributed by atoms with Crippen LogP contribution in [0, 0.1) is 10.8 Å². The van der Waals surface area contributed by atoms with E-state index in [0.29, 0.717) is 49.5 Å². The molecule has 6 N–H and O–H groups in total. The number of rotatable bonds is 14. The fourth-order valence-corrected chi connectivity index (χ4v) is 7.22. The second-order valence-electron chi connectivity index (χ2n) is 19.6. The van der Waals surface area contributed by atoms with Crippen LogP contribution in [0.3, 0.4) is 0 Å². The van der Waals surface area contributed by atoms with Gasteiger partial charge in [0.2, 0.25) is 0 Å². The summed E-state index contributed by atoms with van der Waals surface area (Å²) >= 11 is 0. The van der Waals surface area contributed by atoms with E-state index in [2.05, 4.69) is 66.9 Å². The number of nitrogens with zero attached hydrogens (tertiary/aromatic N) is 9. The number of benzene rings is 2. The van der Waals surface area contributed by atoms with Crippen LogP contribution in [0.5, 0.6) is 0 Å². The number of aliphatic carboxylic acids is 1. The number of anilines is 4. The van der Waals surface area contributed by atoms with E-state index in [9.17, 15) is 19.2 Å². The van der Waals surface area contributed by atoms with E-state index >= 15 is 0 Å². The number of aliphatic hydroxyl groups is 1. The molecule has 8 rings (SSSR count). The Morgan fingerprint density at radius 2 is 1.01 bits per heavy atom. The van der Waals surface area contributed by atoms with Crippen molar-refractivity contribution >= 4 is 58.0 Å². The van der Waals surface area contributed by atoms with Crippen LogP contribution in [0.4, 0.5) is 32.6 Å². The first-order valence-corrected chi connectivity index (χ1v) is 25.8. The molecule has 2 saturated heterocycles. The molecule has 22 nitrogen and oxygen atoms in total. The molecular formula is C54H77N13O9. The second-order valence-corrected chi connectivity index (χ2v) is 19.6. The lowest BCUT2D eigenvalue weighted by molar-refractivity contribution is -0.152. The zero-order valence-electron chi connectivity index (χ0n) is 45.5. The summed E-state index contributed by atoms with van der Waals surface area (Å²) < 4.78 is 19.7. The normalized spacial score (nSPS) is 13.6. The summed E-state index contributed by atoms with van der Waals surface area (Å²) in [6.45, 7) is 26.8. The van der Waals surface area contributed by atoms with Crippen molar-refractivity contribution in [3.05, 3.63) is 85.2 Å². The molecule has 0 atom stereocenters. The Morgan fingerprint density at radius 1 is 0.618 bits per heavy atom. The summed E-state index contributed by atoms with van der Waals surface area (Å²) in [5.41, 5.74) is 3.73. The van der Waals surface area contributed by atoms with Gasteiger partial charge < -0.3 is 60.4 Å². The number of esters is 1. The number of fused-ring (bicyclic) bond motifs is 2. The van der Waals surface area contributed by atoms with Gasteiger partial charge in [-0.1, -0.05) is 20.8 Å². The number of hydrogen-bond acceptors (Lipinski definition) is 15. The van der Waals surface area contributed by atoms with E-state index < -0.39 is 16.8 Å². The number of aliphatic hydroxyl groups excluding tert-OH is 1. The lowest BCUT2D eigenvalue weighted by Gasteiger charge is -2.28. The number of hydrogen-bond donors (Lipinski definition) is 6. The number of amides is 4. The summed E-state index contributed by atoms with van der Waals surface area (Å²) in [5, 5.41) is 37.0. The first-order chi connectivity index (χ1) is 36.3. The van der Waals surface area contributed by atoms with E-state index in [-0.39, 0.29) is 44.3 Å². The highest BCUT2D eigenvalue weighted by molar-refractivity contribution is 5.90. The summed E-state index contributed by atoms with van der Waals surface area (Å²) in [6.07, 6.45) is 3.81. The number of nitrogens with one attached hydrogen (secondary N) is 4. The highest BCUT2D eigenvalue weighted by Crippen LogP contribution is 2.27. The van der Waals surface area contributed by atoms with Gasteiger partial charge in [-0.25, -0.2) is 28.6 Å². The minimum Gasteiger partial charge on any atom is -0.481 e. The van der Waals surface area contributed by atoms with Crippen LogP contribution < -0.4 is 31.1 Å². The third kappa shape index (κ3) is 18.2. The second kappa shape index (κ2) is 29.0. The predicted octanol–water partition coefficient (Wildman–Crippen LogP) is 6.76. The molecule has 22 heteroatoms. The van der Waals surface area contributed by atoms with E-state index in [1.165, 1.54) is 19.6 Å². The Hall–Kier alpha value is -7.40. The number of urea groups is 2. The molecule has 2 fully saturated rings. The fraction of sp³-hybridized carbons (Fsp3) is 0.481. The maximum Gasteiger partial charge on any atom is 0.319 e. The van der Waals surface area contributed by atoms with Gasteiger partial charge >= 0.3 is 24.0 Å². The van der Waals surface area contributed by atoms with Gasteiger partial charge in [0.25, 0.3) is 0 Å². The van der Waals surface area contributed by atoms with Crippen molar-refractivity contribution in [1.29, 1.82) is 0 Å². The molecule has 2 aromatic carbocycles. The number of carbonyl (C=O) groups is 4. The molecule has 0 unspecified atom stereocenters. The number of morpholine rings is 2. The number of carbonyl (C=O) groups excluding carboxylic acids is 3. The Balaban J connectivity index is 0.000000227. The van der Waals surface area contributed by atoms with E-state index in [4.69, 9.17) is 34.4 Å². The highest BCUT2D eigenvalue weighted by Gasteiger charge is 2.24. The van der Waals surface area contributed by atoms with Crippen LogP contribution in [0.15, 0.2) is 85.2 Å². The first-order valence-electron chi connectivity index (χ1n) is 25.8. The van der Waals surface area contributed by atoms with Crippen molar-refractivity contribution < 1.29 is 43.6 Å². The SMILES string of the molecule is CC(C)(C)C(=O)O.CC(C)(C)C(=O)OCCNC(=O)Nc1ccc(-c2nc(N3CCOCC3)c3cccn3n2)cc1.CCN(CC)CC.O=C(NCCO)Nc1ccc(-c2nc(N3CCOCC3)c3cccn3n2)cc1. The van der Waals surface area contributed by atoms with Crippen LogP contribution >= 0.6 is 0 Å². The van der Waals surface area contributed by atoms with Gasteiger partial charge in [-0.15, -0.1) is 10.2 Å². The lowest BCUT2D eigenvalue weighted by Crippen LogP contribution is -2.37. The Morgan fingerprint density at radius 3 is 1.36 bits per heavy atom. The van der Waals surface area contributed by atoms with E-state index in [1.54, 1.807) is 65.8 Å². The maximum absolute atomic E-state index is 12.1. The molecular weight excluding hydrogens is 975 g/mol. The van der Waals surface area contributed by atoms with Gasteiger partial charge in [0.1, 0.15) is 17.6 Å². The topological polar surface area (TPSA) is 255 Å². The zero-order chi connectivity index (χ0) is 55.3. The van der Waals surface area contributed by atoms with E-state index in [1.807, 2.05) is 70.0 Å². The largest absolute Gasteiger partial charge is 0.481 e. The van der Waals surface area contributed by atoms with Gasteiger partial charge in [-0.05, 0) is 134 Å². The molecule has 0 radical (unpaired) electrons. The lowest BCUT2D eigenvalue weighted by atomic mass is 9.97. The van der Waals surface area contributed by atoms with Crippen molar-refractivity contribution in [2.24, 2.45) is 10.8 Å². The van der Waals surface area contributed by atoms with Crippen molar-refractivity contribution in [1.82, 2.24) is 44.7 Å². The molecule has 0 saturated carbocycles. The smallest absolute Gasteiger partial charge is 0.319 e. The molecule has 4 aromatic heterocycles. The van der Waals surface area contributed by atoms with E-state index in [0.717, 1.165) is 60.0 Å². The van der Waals surface area contributed by atoms with Crippen molar-refractivity contribution in [3.8, 4) is 22.8 Å². The Labute approximate surface area is 445 Å². The molecule has 6 heterocycles. The van der Waals surface area contributed by atoms with Crippen LogP contribution in [-0.4, -0.2) is 167 Å². The molecule has 412 valence electrons. The molecule has 0 spiro atoms. The maximum atomic E-state index is 12.1. The van der Waals surface area contributed by atoms with Crippen molar-refractivity contribution in [2.75, 3.05) is 119 Å². The number of aromatic nitrogens is 6. The number of carboxylic acid groups (broad SMARTS) is 1. The Bertz CT molecular complexity index is 2750. The van der Waals surface area contributed by atoms with Crippen LogP contribution in [0.1, 0.15) is 62.3 Å². The summed E-state index contributed by atoms with van der Waals surface area (Å²) in [6, 6.07) is 21.9. The molecule has 0 aliphatic carbocycles. The highest BCUT2D eigenvalue weighted by atomic mass is 16.5. The van der Waals surface area contributed by atoms with Gasteiger partial charge in [0.05, 0.1) is 50.4 Å². The standard InChI is InChI=1S/C24H30N6O4.C19H22N6O3.C6H15N.C5H10O2/c1-24(2,3)22(31)34-14-10-25-23(32)26-18-8-6-17(7-9-18)20-27-21(29-12-15-33-16-13-29)19-5-4-11-30(19)28-20;26-11-7-20-19(27)21-15-5-3-14(4-6-15)17-22-18(24-9-12-28-13-10-24)16-2-1-8-25(16)23-17;1-4-7(5-2)6-3;1-5(2,3)4(6)7/h4-9,11H,10,12-16H2,1-3H3,(H2,25,26,32);1-6,8,26H,7,9-13H2,(H2,20,21,27);4-6H2,1-3H3;1-3H3,(H,6,7). The van der Waals surface area contributed by atoms with Gasteiger partial charge in [-0.2, -0.15) is 0 Å². The first kappa shape index (κ1) is 59.5. The van der Waals surface area contributed by atoms with Crippen LogP contribution in [0.2, 0.25) is 0 Å². The average Bonchev–Trinajstić information content (AvgIpc) is 4.12. The average molecular weight is 1050 g/mol. The minimum atomic E-state index is -0.757. The molecule has 4 amide bonds. The Kier molecular flexibility index (Phi) is 22.7. The third-order valence-electron chi connectivity index (χ3n) is 11.8. The fourth-order valence-electron chi connectivity index (χ4n) is 7.22. The molecule has 0 bridgehead atoms. The van der Waals surface area contributed by atoms with Gasteiger partial charge in [-0.3, -0.25) is 9.59 Å². The predicted molar refractivity (Wildman–Crippen MR) is 295 cm³/mol. The summed E-state index contributed by atoms with van der Waals surface area (Å²) in [5.74, 6) is 1.93. The molecule has 2 aliphatic heterocycles. The molecule has 6 aromatic rings. The number of carboxylic acids is 1. The summed E-state index contributed by atoms with van der Waals surface area (Å²) in [4.78, 5) is 62.0. The quantitative estimate of drug-likeness (QED) is 0.0487. The van der Waals surface area contributed by atoms with Gasteiger partial charge in [0, 0.05) is 67.6 Å². The third-order valence-corrected chi connectivity index (χ3v) is 11.8. The van der Waals surface area contributed by atoms with Crippen molar-refractivity contribution in [2.45, 2.75) is 62.3 Å². The van der Waals surface area contributed by atoms with Crippen LogP contribution in [-0.2, 0) is 23.8 Å². The van der Waals surface area contributed by atoms with Crippen molar-refractivity contribution in [3.63, 3.8) is 0 Å². The minimum absolute atomic E-state index is 0.100. The van der Waals surface area contributed by atoms with Gasteiger partial charge in [0.15, 0.2) is 23.3 Å². The summed E-state index contributed by atoms with van der Waals surface area (Å²) in [7, 11) is 0. The molecule has 76 heavy (non-hydrogen) atoms. The monoisotopic (exact) mass is 1050 g/mol. The zero-order valence-corrected chi connectivity index (χ0v) is 45.5. The number of ether oxygens (including phenoxy) is 3. The van der Waals surface area contributed by atoms with Crippen LogP contribution in [0.25, 0.3) is 33.8 Å². The molecule has 2 aliphatic rings.